The van der Waals surface area contributed by atoms with Crippen LogP contribution in [0.25, 0.3) is 0 Å². The van der Waals surface area contributed by atoms with E-state index in [1.165, 1.54) is 148 Å². The summed E-state index contributed by atoms with van der Waals surface area (Å²) in [6, 6.07) is 0. The molecule has 0 bridgehead atoms. The van der Waals surface area contributed by atoms with Gasteiger partial charge in [-0.15, -0.1) is 0 Å². The van der Waals surface area contributed by atoms with Gasteiger partial charge in [-0.05, 0) is 43.4 Å². The largest absolute Gasteiger partial charge is 0.472 e. The molecule has 88 heavy (non-hydrogen) atoms. The molecule has 0 fully saturated rings. The first-order chi connectivity index (χ1) is 42.2. The highest BCUT2D eigenvalue weighted by Gasteiger charge is 2.30. The van der Waals surface area contributed by atoms with Crippen molar-refractivity contribution in [2.45, 2.75) is 362 Å². The Morgan fingerprint density at radius 2 is 0.523 bits per heavy atom. The van der Waals surface area contributed by atoms with Crippen molar-refractivity contribution in [2.24, 2.45) is 17.8 Å². The Balaban J connectivity index is 5.26. The van der Waals surface area contributed by atoms with Crippen LogP contribution >= 0.6 is 15.6 Å². The predicted molar refractivity (Wildman–Crippen MR) is 354 cm³/mol. The van der Waals surface area contributed by atoms with E-state index in [0.29, 0.717) is 31.6 Å². The Morgan fingerprint density at radius 1 is 0.307 bits per heavy atom. The van der Waals surface area contributed by atoms with Crippen LogP contribution in [0.5, 0.6) is 0 Å². The summed E-state index contributed by atoms with van der Waals surface area (Å²) >= 11 is 0. The summed E-state index contributed by atoms with van der Waals surface area (Å²) in [5, 5.41) is 10.6. The maximum absolute atomic E-state index is 13.0. The van der Waals surface area contributed by atoms with Gasteiger partial charge in [-0.25, -0.2) is 9.13 Å². The number of aliphatic hydroxyl groups is 1. The van der Waals surface area contributed by atoms with E-state index in [2.05, 4.69) is 48.5 Å². The number of ether oxygens (including phenoxy) is 4. The average molecular weight is 1300 g/mol. The molecule has 0 saturated carbocycles. The Kier molecular flexibility index (Phi) is 58.7. The molecule has 17 nitrogen and oxygen atoms in total. The van der Waals surface area contributed by atoms with Gasteiger partial charge in [0.15, 0.2) is 12.2 Å². The van der Waals surface area contributed by atoms with Gasteiger partial charge in [0, 0.05) is 25.7 Å². The average Bonchev–Trinajstić information content (AvgIpc) is 3.47. The first-order valence-electron chi connectivity index (χ1n) is 35.8. The van der Waals surface area contributed by atoms with Gasteiger partial charge < -0.3 is 33.8 Å². The lowest BCUT2D eigenvalue weighted by molar-refractivity contribution is -0.161. The van der Waals surface area contributed by atoms with Crippen LogP contribution in [0, 0.1) is 17.8 Å². The van der Waals surface area contributed by atoms with Gasteiger partial charge in [0.05, 0.1) is 26.4 Å². The van der Waals surface area contributed by atoms with Crippen LogP contribution in [0.2, 0.25) is 0 Å². The van der Waals surface area contributed by atoms with E-state index < -0.39 is 97.5 Å². The van der Waals surface area contributed by atoms with E-state index in [4.69, 9.17) is 37.0 Å². The SMILES string of the molecule is CCCCCCCCCCCCCCC(=O)O[C@H](COC(=O)CCCCCCCCCC(C)C)COP(=O)(O)OC[C@H](O)COP(=O)(O)OC[C@@H](COC(=O)CCCCCCCCCCCCC(C)C)OC(=O)CCCCCCCCCCCCC(C)C. The maximum atomic E-state index is 13.0. The summed E-state index contributed by atoms with van der Waals surface area (Å²) < 4.78 is 68.2. The van der Waals surface area contributed by atoms with E-state index >= 15 is 0 Å². The highest BCUT2D eigenvalue weighted by Crippen LogP contribution is 2.45. The number of hydrogen-bond donors (Lipinski definition) is 3. The minimum absolute atomic E-state index is 0.105. The number of carbonyl (C=O) groups excluding carboxylic acids is 4. The molecule has 0 aromatic carbocycles. The standard InChI is InChI=1S/C69H134O17P2/c1-8-9-10-11-12-13-14-15-23-30-38-45-52-68(73)86-65(57-80-67(72)51-44-37-32-25-28-35-42-49-62(6)7)59-84-88(77,78)82-55-63(70)54-81-87(75,76)83-58-64(85-69(74)53-46-39-31-24-19-17-21-27-34-41-48-61(4)5)56-79-66(71)50-43-36-29-22-18-16-20-26-33-40-47-60(2)3/h60-65,70H,8-59H2,1-7H3,(H,75,76)(H,77,78)/t63-,64-,65-/m1/s1. The molecule has 0 heterocycles. The van der Waals surface area contributed by atoms with Crippen molar-refractivity contribution in [3.05, 3.63) is 0 Å². The van der Waals surface area contributed by atoms with E-state index in [0.717, 1.165) is 108 Å². The summed E-state index contributed by atoms with van der Waals surface area (Å²) in [4.78, 5) is 72.5. The van der Waals surface area contributed by atoms with Gasteiger partial charge in [0.2, 0.25) is 0 Å². The molecule has 522 valence electrons. The van der Waals surface area contributed by atoms with E-state index in [1.807, 2.05) is 0 Å². The van der Waals surface area contributed by atoms with Gasteiger partial charge in [-0.2, -0.15) is 0 Å². The Bertz CT molecular complexity index is 1730. The molecular formula is C69H134O17P2. The fraction of sp³-hybridized carbons (Fsp3) is 0.942. The number of hydrogen-bond acceptors (Lipinski definition) is 15. The van der Waals surface area contributed by atoms with Crippen LogP contribution in [-0.2, 0) is 65.4 Å². The monoisotopic (exact) mass is 1300 g/mol. The summed E-state index contributed by atoms with van der Waals surface area (Å²) in [5.74, 6) is 0.0883. The number of rotatable bonds is 67. The highest BCUT2D eigenvalue weighted by atomic mass is 31.2. The summed E-state index contributed by atoms with van der Waals surface area (Å²) in [6.45, 7) is 11.8. The molecule has 0 aliphatic heterocycles. The summed E-state index contributed by atoms with van der Waals surface area (Å²) in [7, 11) is -9.90. The van der Waals surface area contributed by atoms with Crippen molar-refractivity contribution in [3.8, 4) is 0 Å². The molecule has 0 rings (SSSR count). The molecule has 3 N–H and O–H groups in total. The number of phosphoric acid groups is 2. The number of unbranched alkanes of at least 4 members (excludes halogenated alkanes) is 35. The first-order valence-corrected chi connectivity index (χ1v) is 38.8. The minimum Gasteiger partial charge on any atom is -0.462 e. The first kappa shape index (κ1) is 86.1. The minimum atomic E-state index is -4.95. The number of aliphatic hydroxyl groups excluding tert-OH is 1. The van der Waals surface area contributed by atoms with Crippen LogP contribution in [-0.4, -0.2) is 96.7 Å². The number of phosphoric ester groups is 2. The van der Waals surface area contributed by atoms with Gasteiger partial charge in [-0.1, -0.05) is 292 Å². The van der Waals surface area contributed by atoms with E-state index in [1.54, 1.807) is 0 Å². The Labute approximate surface area is 537 Å². The number of esters is 4. The Morgan fingerprint density at radius 3 is 0.773 bits per heavy atom. The third-order valence-electron chi connectivity index (χ3n) is 15.9. The topological polar surface area (TPSA) is 237 Å². The van der Waals surface area contributed by atoms with Crippen LogP contribution in [0.4, 0.5) is 0 Å². The molecule has 0 radical (unpaired) electrons. The molecule has 0 aromatic heterocycles. The van der Waals surface area contributed by atoms with Gasteiger partial charge in [0.1, 0.15) is 19.3 Å². The van der Waals surface area contributed by atoms with Gasteiger partial charge in [0.25, 0.3) is 0 Å². The van der Waals surface area contributed by atoms with Gasteiger partial charge in [-0.3, -0.25) is 37.3 Å². The van der Waals surface area contributed by atoms with Crippen LogP contribution in [0.15, 0.2) is 0 Å². The lowest BCUT2D eigenvalue weighted by Crippen LogP contribution is -2.30. The van der Waals surface area contributed by atoms with Gasteiger partial charge >= 0.3 is 39.5 Å². The quantitative estimate of drug-likeness (QED) is 0.0222. The van der Waals surface area contributed by atoms with Crippen LogP contribution < -0.4 is 0 Å². The van der Waals surface area contributed by atoms with Crippen molar-refractivity contribution in [3.63, 3.8) is 0 Å². The zero-order chi connectivity index (χ0) is 65.2. The van der Waals surface area contributed by atoms with Crippen molar-refractivity contribution in [2.75, 3.05) is 39.6 Å². The van der Waals surface area contributed by atoms with Crippen LogP contribution in [0.3, 0.4) is 0 Å². The molecule has 0 aliphatic carbocycles. The molecule has 0 saturated heterocycles. The van der Waals surface area contributed by atoms with Crippen molar-refractivity contribution in [1.29, 1.82) is 0 Å². The second-order valence-corrected chi connectivity index (χ2v) is 29.3. The predicted octanol–water partition coefficient (Wildman–Crippen LogP) is 19.5. The van der Waals surface area contributed by atoms with Crippen molar-refractivity contribution in [1.82, 2.24) is 0 Å². The Hall–Kier alpha value is -1.94. The van der Waals surface area contributed by atoms with E-state index in [-0.39, 0.29) is 25.7 Å². The molecule has 0 aliphatic rings. The molecule has 19 heteroatoms. The van der Waals surface area contributed by atoms with Crippen molar-refractivity contribution < 1.29 is 80.2 Å². The molecule has 0 aromatic rings. The zero-order valence-electron chi connectivity index (χ0n) is 57.2. The fourth-order valence-electron chi connectivity index (χ4n) is 10.4. The molecule has 0 spiro atoms. The molecular weight excluding hydrogens is 1160 g/mol. The lowest BCUT2D eigenvalue weighted by Gasteiger charge is -2.21. The smallest absolute Gasteiger partial charge is 0.462 e. The lowest BCUT2D eigenvalue weighted by atomic mass is 10.0. The normalized spacial score (nSPS) is 14.2. The fourth-order valence-corrected chi connectivity index (χ4v) is 11.9. The zero-order valence-corrected chi connectivity index (χ0v) is 59.0. The summed E-state index contributed by atoms with van der Waals surface area (Å²) in [6.07, 6.45) is 43.0. The number of carbonyl (C=O) groups is 4. The summed E-state index contributed by atoms with van der Waals surface area (Å²) in [5.41, 5.74) is 0. The highest BCUT2D eigenvalue weighted by molar-refractivity contribution is 7.47. The third-order valence-corrected chi connectivity index (χ3v) is 17.8. The molecule has 2 unspecified atom stereocenters. The third kappa shape index (κ3) is 62.8. The van der Waals surface area contributed by atoms with Crippen molar-refractivity contribution >= 4 is 39.5 Å². The molecule has 5 atom stereocenters. The second-order valence-electron chi connectivity index (χ2n) is 26.3. The van der Waals surface area contributed by atoms with E-state index in [9.17, 15) is 43.2 Å². The van der Waals surface area contributed by atoms with Crippen LogP contribution in [0.1, 0.15) is 344 Å². The molecule has 0 amide bonds. The second kappa shape index (κ2) is 60.0. The maximum Gasteiger partial charge on any atom is 0.472 e.